The molecule has 0 unspecified atom stereocenters. The molecule has 2 saturated carbocycles. The molecule has 0 aromatic rings. The first-order chi connectivity index (χ1) is 10.9. The summed E-state index contributed by atoms with van der Waals surface area (Å²) in [6, 6.07) is 0. The van der Waals surface area contributed by atoms with Gasteiger partial charge in [-0.15, -0.1) is 0 Å². The van der Waals surface area contributed by atoms with Gasteiger partial charge in [0.05, 0.1) is 5.57 Å². The highest BCUT2D eigenvalue weighted by atomic mass is 16.5. The van der Waals surface area contributed by atoms with E-state index in [2.05, 4.69) is 13.8 Å². The first-order valence-electron chi connectivity index (χ1n) is 9.04. The molecule has 3 aliphatic carbocycles. The van der Waals surface area contributed by atoms with Crippen LogP contribution < -0.4 is 0 Å². The molecule has 1 N–H and O–H groups in total. The molecule has 0 radical (unpaired) electrons. The summed E-state index contributed by atoms with van der Waals surface area (Å²) in [5.41, 5.74) is -0.370. The number of carbonyl (C=O) groups is 2. The predicted molar refractivity (Wildman–Crippen MR) is 84.7 cm³/mol. The molecule has 1 saturated heterocycles. The van der Waals surface area contributed by atoms with Gasteiger partial charge in [0.15, 0.2) is 0 Å². The van der Waals surface area contributed by atoms with Crippen molar-refractivity contribution < 1.29 is 19.4 Å². The Labute approximate surface area is 137 Å². The number of esters is 1. The number of aliphatic hydroxyl groups is 1. The molecule has 0 bridgehead atoms. The minimum Gasteiger partial charge on any atom is -0.512 e. The Morgan fingerprint density at radius 2 is 1.87 bits per heavy atom. The van der Waals surface area contributed by atoms with Gasteiger partial charge in [-0.25, -0.2) is 4.79 Å². The third-order valence-electron chi connectivity index (χ3n) is 7.12. The summed E-state index contributed by atoms with van der Waals surface area (Å²) in [7, 11) is 0. The molecule has 4 aliphatic rings. The van der Waals surface area contributed by atoms with Crippen LogP contribution in [0.2, 0.25) is 0 Å². The molecule has 23 heavy (non-hydrogen) atoms. The second kappa shape index (κ2) is 4.84. The van der Waals surface area contributed by atoms with Gasteiger partial charge in [-0.05, 0) is 37.5 Å². The first kappa shape index (κ1) is 15.2. The van der Waals surface area contributed by atoms with Crippen molar-refractivity contribution in [2.45, 2.75) is 71.3 Å². The van der Waals surface area contributed by atoms with E-state index in [1.54, 1.807) is 0 Å². The average molecular weight is 318 g/mol. The van der Waals surface area contributed by atoms with E-state index in [1.165, 1.54) is 0 Å². The molecule has 0 amide bonds. The lowest BCUT2D eigenvalue weighted by Gasteiger charge is -2.59. The lowest BCUT2D eigenvalue weighted by atomic mass is 9.45. The predicted octanol–water partition coefficient (Wildman–Crippen LogP) is 3.70. The van der Waals surface area contributed by atoms with Gasteiger partial charge >= 0.3 is 5.97 Å². The Kier molecular flexibility index (Phi) is 3.20. The lowest BCUT2D eigenvalue weighted by Crippen LogP contribution is -2.61. The van der Waals surface area contributed by atoms with E-state index in [1.807, 2.05) is 0 Å². The van der Waals surface area contributed by atoms with E-state index >= 15 is 0 Å². The van der Waals surface area contributed by atoms with E-state index in [4.69, 9.17) is 4.74 Å². The van der Waals surface area contributed by atoms with Crippen LogP contribution in [-0.2, 0) is 14.3 Å². The van der Waals surface area contributed by atoms with Crippen LogP contribution in [0, 0.1) is 22.7 Å². The maximum Gasteiger partial charge on any atom is 0.338 e. The molecule has 1 aliphatic heterocycles. The number of hydrogen-bond acceptors (Lipinski definition) is 4. The summed E-state index contributed by atoms with van der Waals surface area (Å²) >= 11 is 0. The fourth-order valence-corrected chi connectivity index (χ4v) is 6.38. The van der Waals surface area contributed by atoms with Gasteiger partial charge in [-0.2, -0.15) is 0 Å². The van der Waals surface area contributed by atoms with Gasteiger partial charge < -0.3 is 9.84 Å². The Morgan fingerprint density at radius 1 is 1.13 bits per heavy atom. The molecule has 1 heterocycles. The molecule has 0 spiro atoms. The fourth-order valence-electron chi connectivity index (χ4n) is 6.38. The van der Waals surface area contributed by atoms with Crippen LogP contribution in [0.1, 0.15) is 65.2 Å². The van der Waals surface area contributed by atoms with Gasteiger partial charge in [0.2, 0.25) is 0 Å². The number of aliphatic hydroxyl groups excluding tert-OH is 1. The first-order valence-corrected chi connectivity index (χ1v) is 9.04. The highest BCUT2D eigenvalue weighted by molar-refractivity contribution is 5.95. The zero-order valence-corrected chi connectivity index (χ0v) is 14.1. The van der Waals surface area contributed by atoms with E-state index in [-0.39, 0.29) is 40.9 Å². The molecule has 4 nitrogen and oxygen atoms in total. The number of ether oxygens (including phenoxy) is 1. The average Bonchev–Trinajstić information content (AvgIpc) is 2.45. The number of rotatable bonds is 0. The van der Waals surface area contributed by atoms with Crippen LogP contribution in [0.25, 0.3) is 0 Å². The highest BCUT2D eigenvalue weighted by Gasteiger charge is 2.65. The zero-order chi connectivity index (χ0) is 16.4. The van der Waals surface area contributed by atoms with Crippen LogP contribution >= 0.6 is 0 Å². The smallest absolute Gasteiger partial charge is 0.338 e. The number of hydrogen-bond donors (Lipinski definition) is 1. The van der Waals surface area contributed by atoms with Crippen LogP contribution in [0.4, 0.5) is 0 Å². The standard InChI is InChI=1S/C19H26O4/c1-18-9-5-7-12(20)16(18)19(2)11-6-3-4-8-14(11)23-17(22)15(19)13(21)10-18/h11,14,16,21H,3-10H2,1-2H3/t11-,14-,16+,18-,19+/m0/s1. The van der Waals surface area contributed by atoms with E-state index < -0.39 is 5.41 Å². The Morgan fingerprint density at radius 3 is 2.65 bits per heavy atom. The number of ketones is 1. The molecule has 4 heteroatoms. The second-order valence-electron chi connectivity index (χ2n) is 8.52. The fraction of sp³-hybridized carbons (Fsp3) is 0.789. The summed E-state index contributed by atoms with van der Waals surface area (Å²) in [5, 5.41) is 10.7. The van der Waals surface area contributed by atoms with Crippen LogP contribution in [0.15, 0.2) is 11.3 Å². The van der Waals surface area contributed by atoms with E-state index in [9.17, 15) is 14.7 Å². The summed E-state index contributed by atoms with van der Waals surface area (Å²) < 4.78 is 5.68. The molecule has 3 fully saturated rings. The SMILES string of the molecule is C[C@@]12CCCC(=O)[C@H]1[C@@]1(C)C(=C(O)C2)C(=O)O[C@H]2CCCC[C@@H]21. The largest absolute Gasteiger partial charge is 0.512 e. The van der Waals surface area contributed by atoms with Crippen molar-refractivity contribution in [3.05, 3.63) is 11.3 Å². The van der Waals surface area contributed by atoms with Crippen LogP contribution in [0.5, 0.6) is 0 Å². The second-order valence-corrected chi connectivity index (χ2v) is 8.52. The quantitative estimate of drug-likeness (QED) is 0.692. The molecule has 0 aromatic carbocycles. The van der Waals surface area contributed by atoms with E-state index in [0.29, 0.717) is 18.4 Å². The van der Waals surface area contributed by atoms with E-state index in [0.717, 1.165) is 38.5 Å². The van der Waals surface area contributed by atoms with Gasteiger partial charge in [0.1, 0.15) is 17.6 Å². The minimum absolute atomic E-state index is 0.0881. The number of Topliss-reactive ketones (excluding diaryl/α,β-unsaturated/α-hetero) is 1. The summed E-state index contributed by atoms with van der Waals surface area (Å²) in [5.74, 6) is 0.0831. The molecule has 0 aromatic heterocycles. The molecule has 5 atom stereocenters. The third kappa shape index (κ3) is 1.90. The van der Waals surface area contributed by atoms with Crippen LogP contribution in [-0.4, -0.2) is 23.0 Å². The molecule has 126 valence electrons. The zero-order valence-electron chi connectivity index (χ0n) is 14.1. The van der Waals surface area contributed by atoms with Crippen molar-refractivity contribution in [3.63, 3.8) is 0 Å². The van der Waals surface area contributed by atoms with Gasteiger partial charge in [-0.1, -0.05) is 20.3 Å². The Balaban J connectivity index is 1.91. The number of allylic oxidation sites excluding steroid dienone is 1. The van der Waals surface area contributed by atoms with Crippen molar-refractivity contribution in [2.75, 3.05) is 0 Å². The molecule has 4 rings (SSSR count). The van der Waals surface area contributed by atoms with Gasteiger partial charge in [0.25, 0.3) is 0 Å². The summed E-state index contributed by atoms with van der Waals surface area (Å²) in [4.78, 5) is 25.6. The Hall–Kier alpha value is -1.32. The topological polar surface area (TPSA) is 63.6 Å². The lowest BCUT2D eigenvalue weighted by molar-refractivity contribution is -0.178. The highest BCUT2D eigenvalue weighted by Crippen LogP contribution is 2.64. The monoisotopic (exact) mass is 318 g/mol. The van der Waals surface area contributed by atoms with Crippen molar-refractivity contribution in [2.24, 2.45) is 22.7 Å². The van der Waals surface area contributed by atoms with Crippen molar-refractivity contribution in [1.82, 2.24) is 0 Å². The number of carbonyl (C=O) groups excluding carboxylic acids is 2. The van der Waals surface area contributed by atoms with Crippen molar-refractivity contribution >= 4 is 11.8 Å². The molecular weight excluding hydrogens is 292 g/mol. The summed E-state index contributed by atoms with van der Waals surface area (Å²) in [6.45, 7) is 4.19. The summed E-state index contributed by atoms with van der Waals surface area (Å²) in [6.07, 6.45) is 6.84. The van der Waals surface area contributed by atoms with Crippen molar-refractivity contribution in [1.29, 1.82) is 0 Å². The minimum atomic E-state index is -0.561. The van der Waals surface area contributed by atoms with Crippen LogP contribution in [0.3, 0.4) is 0 Å². The van der Waals surface area contributed by atoms with Gasteiger partial charge in [0, 0.05) is 30.1 Å². The number of fused-ring (bicyclic) bond motifs is 5. The maximum absolute atomic E-state index is 12.9. The molecular formula is C19H26O4. The van der Waals surface area contributed by atoms with Gasteiger partial charge in [-0.3, -0.25) is 4.79 Å². The Bertz CT molecular complexity index is 606. The third-order valence-corrected chi connectivity index (χ3v) is 7.12. The van der Waals surface area contributed by atoms with Crippen molar-refractivity contribution in [3.8, 4) is 0 Å². The normalized spacial score (nSPS) is 46.6. The maximum atomic E-state index is 12.9.